The highest BCUT2D eigenvalue weighted by molar-refractivity contribution is 5.26. The molecule has 0 amide bonds. The van der Waals surface area contributed by atoms with E-state index in [4.69, 9.17) is 4.74 Å². The Morgan fingerprint density at radius 2 is 2.41 bits per heavy atom. The normalized spacial score (nSPS) is 19.0. The number of hydrogen-bond donors (Lipinski definition) is 2. The topological polar surface area (TPSA) is 54.1 Å². The minimum absolute atomic E-state index is 0.00119. The van der Waals surface area contributed by atoms with Crippen LogP contribution in [0.25, 0.3) is 0 Å². The molecule has 2 rings (SSSR count). The zero-order chi connectivity index (χ0) is 12.1. The summed E-state index contributed by atoms with van der Waals surface area (Å²) in [6.45, 7) is 4.36. The summed E-state index contributed by atoms with van der Waals surface area (Å²) in [5.41, 5.74) is 2.34. The van der Waals surface area contributed by atoms with Crippen molar-refractivity contribution >= 4 is 0 Å². The van der Waals surface area contributed by atoms with E-state index in [0.29, 0.717) is 6.04 Å². The van der Waals surface area contributed by atoms with Crippen molar-refractivity contribution in [2.24, 2.45) is 0 Å². The summed E-state index contributed by atoms with van der Waals surface area (Å²) in [5.74, 6) is 0. The number of aromatic nitrogens is 1. The van der Waals surface area contributed by atoms with Crippen LogP contribution >= 0.6 is 0 Å². The van der Waals surface area contributed by atoms with Gasteiger partial charge in [0.2, 0.25) is 5.56 Å². The Hall–Kier alpha value is -1.13. The van der Waals surface area contributed by atoms with Crippen LogP contribution in [0.4, 0.5) is 0 Å². The number of hydrogen-bond acceptors (Lipinski definition) is 3. The third-order valence-corrected chi connectivity index (χ3v) is 3.17. The SMILES string of the molecule is CCOCCNC1CCCc2[nH]c(=O)ccc21. The number of rotatable bonds is 5. The van der Waals surface area contributed by atoms with E-state index in [0.717, 1.165) is 44.7 Å². The maximum Gasteiger partial charge on any atom is 0.248 e. The fourth-order valence-electron chi connectivity index (χ4n) is 2.36. The first kappa shape index (κ1) is 12.3. The summed E-state index contributed by atoms with van der Waals surface area (Å²) in [6.07, 6.45) is 3.24. The van der Waals surface area contributed by atoms with Crippen molar-refractivity contribution in [2.75, 3.05) is 19.8 Å². The van der Waals surface area contributed by atoms with E-state index in [1.54, 1.807) is 6.07 Å². The van der Waals surface area contributed by atoms with Crippen molar-refractivity contribution in [3.8, 4) is 0 Å². The van der Waals surface area contributed by atoms with Gasteiger partial charge in [-0.2, -0.15) is 0 Å². The lowest BCUT2D eigenvalue weighted by Crippen LogP contribution is -2.29. The molecule has 0 fully saturated rings. The maximum absolute atomic E-state index is 11.3. The minimum Gasteiger partial charge on any atom is -0.380 e. The monoisotopic (exact) mass is 236 g/mol. The second-order valence-corrected chi connectivity index (χ2v) is 4.35. The average Bonchev–Trinajstić information content (AvgIpc) is 2.34. The van der Waals surface area contributed by atoms with Crippen molar-refractivity contribution in [1.82, 2.24) is 10.3 Å². The van der Waals surface area contributed by atoms with Crippen molar-refractivity contribution in [3.05, 3.63) is 33.7 Å². The average molecular weight is 236 g/mol. The highest BCUT2D eigenvalue weighted by Crippen LogP contribution is 2.27. The van der Waals surface area contributed by atoms with E-state index in [2.05, 4.69) is 10.3 Å². The van der Waals surface area contributed by atoms with Crippen LogP contribution in [0.5, 0.6) is 0 Å². The van der Waals surface area contributed by atoms with Gasteiger partial charge >= 0.3 is 0 Å². The van der Waals surface area contributed by atoms with Crippen LogP contribution in [-0.4, -0.2) is 24.7 Å². The molecule has 4 heteroatoms. The van der Waals surface area contributed by atoms with Gasteiger partial charge in [0, 0.05) is 31.0 Å². The van der Waals surface area contributed by atoms with E-state index in [-0.39, 0.29) is 5.56 Å². The quantitative estimate of drug-likeness (QED) is 0.759. The van der Waals surface area contributed by atoms with Gasteiger partial charge in [-0.3, -0.25) is 4.79 Å². The van der Waals surface area contributed by atoms with E-state index in [9.17, 15) is 4.79 Å². The number of aryl methyl sites for hydroxylation is 1. The summed E-state index contributed by atoms with van der Waals surface area (Å²) < 4.78 is 5.31. The lowest BCUT2D eigenvalue weighted by atomic mass is 9.91. The predicted octanol–water partition coefficient (Wildman–Crippen LogP) is 1.38. The van der Waals surface area contributed by atoms with Crippen LogP contribution in [0.15, 0.2) is 16.9 Å². The molecule has 0 saturated heterocycles. The lowest BCUT2D eigenvalue weighted by Gasteiger charge is -2.25. The molecule has 0 aromatic carbocycles. The Kier molecular flexibility index (Phi) is 4.34. The number of nitrogens with one attached hydrogen (secondary N) is 2. The maximum atomic E-state index is 11.3. The Labute approximate surface area is 101 Å². The Morgan fingerprint density at radius 1 is 1.53 bits per heavy atom. The van der Waals surface area contributed by atoms with Crippen molar-refractivity contribution in [2.45, 2.75) is 32.2 Å². The molecule has 1 heterocycles. The number of ether oxygens (including phenoxy) is 1. The molecule has 1 aliphatic rings. The Balaban J connectivity index is 1.99. The van der Waals surface area contributed by atoms with E-state index in [1.807, 2.05) is 13.0 Å². The first-order valence-electron chi connectivity index (χ1n) is 6.34. The molecule has 1 atom stereocenters. The largest absolute Gasteiger partial charge is 0.380 e. The molecular formula is C13H20N2O2. The number of aromatic amines is 1. The second kappa shape index (κ2) is 5.98. The summed E-state index contributed by atoms with van der Waals surface area (Å²) >= 11 is 0. The van der Waals surface area contributed by atoms with Crippen LogP contribution in [-0.2, 0) is 11.2 Å². The van der Waals surface area contributed by atoms with Crippen LogP contribution in [0.2, 0.25) is 0 Å². The highest BCUT2D eigenvalue weighted by atomic mass is 16.5. The second-order valence-electron chi connectivity index (χ2n) is 4.35. The van der Waals surface area contributed by atoms with Crippen LogP contribution in [0.1, 0.15) is 37.1 Å². The van der Waals surface area contributed by atoms with Gasteiger partial charge in [0.1, 0.15) is 0 Å². The summed E-state index contributed by atoms with van der Waals surface area (Å²) in [6, 6.07) is 3.92. The van der Waals surface area contributed by atoms with E-state index in [1.165, 1.54) is 5.56 Å². The smallest absolute Gasteiger partial charge is 0.248 e. The van der Waals surface area contributed by atoms with E-state index >= 15 is 0 Å². The molecule has 1 aromatic rings. The fourth-order valence-corrected chi connectivity index (χ4v) is 2.36. The fraction of sp³-hybridized carbons (Fsp3) is 0.615. The standard InChI is InChI=1S/C13H20N2O2/c1-2-17-9-8-14-11-4-3-5-12-10(11)6-7-13(16)15-12/h6-7,11,14H,2-5,8-9H2,1H3,(H,15,16). The third kappa shape index (κ3) is 3.17. The zero-order valence-electron chi connectivity index (χ0n) is 10.3. The molecule has 0 bridgehead atoms. The molecule has 1 aromatic heterocycles. The zero-order valence-corrected chi connectivity index (χ0v) is 10.3. The Bertz CT molecular complexity index is 414. The van der Waals surface area contributed by atoms with Gasteiger partial charge in [0.15, 0.2) is 0 Å². The summed E-state index contributed by atoms with van der Waals surface area (Å²) in [4.78, 5) is 14.2. The molecule has 94 valence electrons. The van der Waals surface area contributed by atoms with Gasteiger partial charge < -0.3 is 15.0 Å². The van der Waals surface area contributed by atoms with Crippen LogP contribution < -0.4 is 10.9 Å². The lowest BCUT2D eigenvalue weighted by molar-refractivity contribution is 0.146. The van der Waals surface area contributed by atoms with Crippen LogP contribution in [0, 0.1) is 0 Å². The summed E-state index contributed by atoms with van der Waals surface area (Å²) in [7, 11) is 0. The van der Waals surface area contributed by atoms with Gasteiger partial charge in [-0.25, -0.2) is 0 Å². The molecule has 2 N–H and O–H groups in total. The number of pyridine rings is 1. The van der Waals surface area contributed by atoms with Crippen molar-refractivity contribution in [3.63, 3.8) is 0 Å². The molecule has 0 saturated carbocycles. The predicted molar refractivity (Wildman–Crippen MR) is 67.2 cm³/mol. The third-order valence-electron chi connectivity index (χ3n) is 3.17. The molecule has 0 spiro atoms. The summed E-state index contributed by atoms with van der Waals surface area (Å²) in [5, 5.41) is 3.49. The first-order chi connectivity index (χ1) is 8.31. The minimum atomic E-state index is -0.00119. The van der Waals surface area contributed by atoms with Gasteiger partial charge in [0.25, 0.3) is 0 Å². The van der Waals surface area contributed by atoms with Crippen LogP contribution in [0.3, 0.4) is 0 Å². The number of H-pyrrole nitrogens is 1. The molecular weight excluding hydrogens is 216 g/mol. The number of fused-ring (bicyclic) bond motifs is 1. The van der Waals surface area contributed by atoms with Crippen molar-refractivity contribution in [1.29, 1.82) is 0 Å². The van der Waals surface area contributed by atoms with E-state index < -0.39 is 0 Å². The van der Waals surface area contributed by atoms with Gasteiger partial charge in [-0.1, -0.05) is 6.07 Å². The molecule has 17 heavy (non-hydrogen) atoms. The first-order valence-corrected chi connectivity index (χ1v) is 6.34. The molecule has 0 radical (unpaired) electrons. The Morgan fingerprint density at radius 3 is 3.24 bits per heavy atom. The highest BCUT2D eigenvalue weighted by Gasteiger charge is 2.19. The van der Waals surface area contributed by atoms with Gasteiger partial charge in [-0.15, -0.1) is 0 Å². The molecule has 1 unspecified atom stereocenters. The van der Waals surface area contributed by atoms with Gasteiger partial charge in [-0.05, 0) is 31.7 Å². The molecule has 0 aliphatic heterocycles. The van der Waals surface area contributed by atoms with Gasteiger partial charge in [0.05, 0.1) is 6.61 Å². The molecule has 1 aliphatic carbocycles. The molecule has 4 nitrogen and oxygen atoms in total. The van der Waals surface area contributed by atoms with Crippen molar-refractivity contribution < 1.29 is 4.74 Å².